The molecule has 1 atom stereocenters. The highest BCUT2D eigenvalue weighted by Gasteiger charge is 2.14. The monoisotopic (exact) mass is 713 g/mol. The van der Waals surface area contributed by atoms with Crippen molar-refractivity contribution in [3.63, 3.8) is 0 Å². The van der Waals surface area contributed by atoms with Crippen LogP contribution in [-0.2, 0) is 19.1 Å². The summed E-state index contributed by atoms with van der Waals surface area (Å²) in [6.07, 6.45) is 40.7. The molecular weight excluding hydrogens is 624 g/mol. The summed E-state index contributed by atoms with van der Waals surface area (Å²) in [4.78, 5) is 32.4. The van der Waals surface area contributed by atoms with Gasteiger partial charge in [-0.3, -0.25) is 14.4 Å². The number of aliphatic carboxylic acids is 2. The van der Waals surface area contributed by atoms with Crippen LogP contribution in [0.4, 0.5) is 0 Å². The molecule has 6 nitrogen and oxygen atoms in total. The van der Waals surface area contributed by atoms with Crippen LogP contribution in [0.2, 0.25) is 0 Å². The average molecular weight is 713 g/mol. The molecule has 0 rings (SSSR count). The first-order chi connectivity index (χ1) is 24.3. The summed E-state index contributed by atoms with van der Waals surface area (Å²) in [7, 11) is 0. The summed E-state index contributed by atoms with van der Waals surface area (Å²) in [5.41, 5.74) is 0. The second kappa shape index (κ2) is 47.4. The third-order valence-electron chi connectivity index (χ3n) is 9.28. The van der Waals surface area contributed by atoms with Crippen molar-refractivity contribution in [1.29, 1.82) is 0 Å². The minimum atomic E-state index is -0.670. The van der Waals surface area contributed by atoms with Crippen molar-refractivity contribution in [1.82, 2.24) is 0 Å². The van der Waals surface area contributed by atoms with Crippen LogP contribution in [0.15, 0.2) is 0 Å². The van der Waals surface area contributed by atoms with Gasteiger partial charge >= 0.3 is 17.9 Å². The molecule has 0 aromatic heterocycles. The summed E-state index contributed by atoms with van der Waals surface area (Å²) in [6, 6.07) is 0. The van der Waals surface area contributed by atoms with Crippen molar-refractivity contribution in [3.05, 3.63) is 0 Å². The maximum absolute atomic E-state index is 12.3. The van der Waals surface area contributed by atoms with Crippen LogP contribution >= 0.6 is 0 Å². The van der Waals surface area contributed by atoms with E-state index in [9.17, 15) is 14.4 Å². The topological polar surface area (TPSA) is 101 Å². The van der Waals surface area contributed by atoms with E-state index < -0.39 is 11.9 Å². The number of ether oxygens (including phenoxy) is 1. The van der Waals surface area contributed by atoms with E-state index in [1.54, 1.807) is 0 Å². The van der Waals surface area contributed by atoms with Gasteiger partial charge in [-0.1, -0.05) is 195 Å². The highest BCUT2D eigenvalue weighted by atomic mass is 16.5. The van der Waals surface area contributed by atoms with Crippen molar-refractivity contribution in [2.24, 2.45) is 0 Å². The van der Waals surface area contributed by atoms with Gasteiger partial charge in [-0.2, -0.15) is 0 Å². The number of carboxylic acid groups (broad SMARTS) is 2. The Labute approximate surface area is 312 Å². The maximum atomic E-state index is 12.3. The van der Waals surface area contributed by atoms with Crippen LogP contribution < -0.4 is 0 Å². The lowest BCUT2D eigenvalue weighted by atomic mass is 10.0. The molecule has 0 bridgehead atoms. The number of hydrogen-bond donors (Lipinski definition) is 2. The highest BCUT2D eigenvalue weighted by Crippen LogP contribution is 2.18. The molecule has 0 aromatic rings. The number of rotatable bonds is 36. The molecule has 0 aliphatic rings. The van der Waals surface area contributed by atoms with Gasteiger partial charge in [-0.15, -0.1) is 0 Å². The second-order valence-corrected chi connectivity index (χ2v) is 14.6. The Kier molecular flexibility index (Phi) is 50.0. The molecule has 0 saturated carbocycles. The molecule has 0 aromatic carbocycles. The Morgan fingerprint density at radius 1 is 0.360 bits per heavy atom. The third-order valence-corrected chi connectivity index (χ3v) is 9.28. The van der Waals surface area contributed by atoms with Crippen molar-refractivity contribution in [3.8, 4) is 0 Å². The number of carboxylic acids is 2. The average Bonchev–Trinajstić information content (AvgIpc) is 3.09. The summed E-state index contributed by atoms with van der Waals surface area (Å²) in [5, 5.41) is 16.5. The van der Waals surface area contributed by atoms with Crippen molar-refractivity contribution < 1.29 is 29.3 Å². The maximum Gasteiger partial charge on any atom is 0.306 e. The van der Waals surface area contributed by atoms with E-state index in [2.05, 4.69) is 34.6 Å². The zero-order valence-electron chi connectivity index (χ0n) is 34.4. The standard InChI is InChI=1S/C28H56O2.2C8H16O2/c1-4-7-10-13-15-16-17-20-22-25-27(24-21-19-14-11-8-5-2)30-28(29)26-23-18-12-9-6-3;2*1-2-3-4-5-6-7-8(9)10/h27H,4-26H2,1-3H3;2*2-7H2,1H3,(H,9,10). The first-order valence-corrected chi connectivity index (χ1v) is 21.9. The lowest BCUT2D eigenvalue weighted by Gasteiger charge is -2.18. The van der Waals surface area contributed by atoms with Gasteiger partial charge in [0.05, 0.1) is 0 Å². The van der Waals surface area contributed by atoms with Gasteiger partial charge < -0.3 is 14.9 Å². The van der Waals surface area contributed by atoms with Crippen LogP contribution in [0.1, 0.15) is 259 Å². The minimum Gasteiger partial charge on any atom is -0.481 e. The Balaban J connectivity index is -0.000000893. The van der Waals surface area contributed by atoms with Crippen molar-refractivity contribution in [2.45, 2.75) is 265 Å². The normalized spacial score (nSPS) is 11.2. The molecule has 300 valence electrons. The molecule has 0 fully saturated rings. The quantitative estimate of drug-likeness (QED) is 0.0495. The molecule has 0 aliphatic carbocycles. The largest absolute Gasteiger partial charge is 0.481 e. The smallest absolute Gasteiger partial charge is 0.306 e. The molecule has 2 N–H and O–H groups in total. The van der Waals surface area contributed by atoms with Crippen LogP contribution in [0.3, 0.4) is 0 Å². The Morgan fingerprint density at radius 3 is 0.880 bits per heavy atom. The molecule has 0 amide bonds. The molecular formula is C44H88O6. The van der Waals surface area contributed by atoms with Gasteiger partial charge in [0.25, 0.3) is 0 Å². The van der Waals surface area contributed by atoms with Gasteiger partial charge in [0.1, 0.15) is 6.10 Å². The fourth-order valence-electron chi connectivity index (χ4n) is 5.97. The molecule has 0 spiro atoms. The zero-order chi connectivity index (χ0) is 37.8. The number of unbranched alkanes of at least 4 members (excludes halogenated alkanes) is 25. The predicted molar refractivity (Wildman–Crippen MR) is 215 cm³/mol. The zero-order valence-corrected chi connectivity index (χ0v) is 34.4. The second-order valence-electron chi connectivity index (χ2n) is 14.6. The number of carbonyl (C=O) groups is 3. The van der Waals surface area contributed by atoms with E-state index in [0.29, 0.717) is 19.3 Å². The summed E-state index contributed by atoms with van der Waals surface area (Å²) < 4.78 is 5.92. The van der Waals surface area contributed by atoms with Crippen LogP contribution in [0, 0.1) is 0 Å². The molecule has 1 unspecified atom stereocenters. The van der Waals surface area contributed by atoms with E-state index in [4.69, 9.17) is 14.9 Å². The molecule has 0 aliphatic heterocycles. The van der Waals surface area contributed by atoms with E-state index in [0.717, 1.165) is 44.9 Å². The lowest BCUT2D eigenvalue weighted by Crippen LogP contribution is -2.18. The van der Waals surface area contributed by atoms with E-state index in [1.165, 1.54) is 161 Å². The summed E-state index contributed by atoms with van der Waals surface area (Å²) in [6.45, 7) is 11.1. The van der Waals surface area contributed by atoms with Gasteiger partial charge in [0, 0.05) is 19.3 Å². The Morgan fingerprint density at radius 2 is 0.600 bits per heavy atom. The Bertz CT molecular complexity index is 655. The predicted octanol–water partition coefficient (Wildman–Crippen LogP) is 14.8. The summed E-state index contributed by atoms with van der Waals surface area (Å²) in [5.74, 6) is -1.29. The molecule has 50 heavy (non-hydrogen) atoms. The van der Waals surface area contributed by atoms with Crippen molar-refractivity contribution >= 4 is 17.9 Å². The fraction of sp³-hybridized carbons (Fsp3) is 0.932. The molecule has 0 radical (unpaired) electrons. The molecule has 6 heteroatoms. The number of esters is 1. The summed E-state index contributed by atoms with van der Waals surface area (Å²) >= 11 is 0. The lowest BCUT2D eigenvalue weighted by molar-refractivity contribution is -0.150. The Hall–Kier alpha value is -1.59. The SMILES string of the molecule is CCCCCCCC(=O)O.CCCCCCCC(=O)O.CCCCCCCCCCCC(CCCCCCCC)OC(=O)CCCCCCC. The van der Waals surface area contributed by atoms with Crippen molar-refractivity contribution in [2.75, 3.05) is 0 Å². The van der Waals surface area contributed by atoms with Crippen LogP contribution in [-0.4, -0.2) is 34.2 Å². The van der Waals surface area contributed by atoms with Gasteiger partial charge in [0.15, 0.2) is 0 Å². The highest BCUT2D eigenvalue weighted by molar-refractivity contribution is 5.69. The van der Waals surface area contributed by atoms with Gasteiger partial charge in [0.2, 0.25) is 0 Å². The van der Waals surface area contributed by atoms with Crippen LogP contribution in [0.5, 0.6) is 0 Å². The van der Waals surface area contributed by atoms with E-state index in [-0.39, 0.29) is 12.1 Å². The first-order valence-electron chi connectivity index (χ1n) is 21.9. The van der Waals surface area contributed by atoms with Crippen LogP contribution in [0.25, 0.3) is 0 Å². The van der Waals surface area contributed by atoms with E-state index in [1.807, 2.05) is 0 Å². The van der Waals surface area contributed by atoms with Gasteiger partial charge in [-0.05, 0) is 44.9 Å². The number of carbonyl (C=O) groups excluding carboxylic acids is 1. The van der Waals surface area contributed by atoms with Gasteiger partial charge in [-0.25, -0.2) is 0 Å². The van der Waals surface area contributed by atoms with E-state index >= 15 is 0 Å². The first kappa shape index (κ1) is 52.8. The third kappa shape index (κ3) is 53.2. The molecule has 0 saturated heterocycles. The fourth-order valence-corrected chi connectivity index (χ4v) is 5.97. The molecule has 0 heterocycles. The number of hydrogen-bond acceptors (Lipinski definition) is 4. The minimum absolute atomic E-state index is 0.0541.